The lowest BCUT2D eigenvalue weighted by molar-refractivity contribution is -0.122. The van der Waals surface area contributed by atoms with Crippen LogP contribution in [0.1, 0.15) is 12.0 Å². The summed E-state index contributed by atoms with van der Waals surface area (Å²) in [5.74, 6) is 0.768. The van der Waals surface area contributed by atoms with Crippen molar-refractivity contribution in [3.05, 3.63) is 29.8 Å². The van der Waals surface area contributed by atoms with Gasteiger partial charge >= 0.3 is 6.09 Å². The van der Waals surface area contributed by atoms with Gasteiger partial charge in [-0.1, -0.05) is 12.1 Å². The molecule has 0 radical (unpaired) electrons. The predicted molar refractivity (Wildman–Crippen MR) is 85.4 cm³/mol. The summed E-state index contributed by atoms with van der Waals surface area (Å²) in [6, 6.07) is 7.40. The Balaban J connectivity index is 1.69. The molecule has 1 saturated heterocycles. The summed E-state index contributed by atoms with van der Waals surface area (Å²) < 4.78 is 9.66. The van der Waals surface area contributed by atoms with E-state index in [2.05, 4.69) is 20.7 Å². The Hall–Kier alpha value is -2.28. The summed E-state index contributed by atoms with van der Waals surface area (Å²) in [4.78, 5) is 23.2. The average Bonchev–Trinajstić information content (AvgIpc) is 3.03. The van der Waals surface area contributed by atoms with Gasteiger partial charge in [0.15, 0.2) is 0 Å². The fourth-order valence-corrected chi connectivity index (χ4v) is 2.52. The Morgan fingerprint density at radius 2 is 2.00 bits per heavy atom. The van der Waals surface area contributed by atoms with Crippen molar-refractivity contribution in [1.82, 2.24) is 16.0 Å². The molecule has 0 aromatic heterocycles. The molecule has 2 atom stereocenters. The lowest BCUT2D eigenvalue weighted by atomic mass is 10.1. The molecule has 0 spiro atoms. The maximum Gasteiger partial charge on any atom is 0.407 e. The first-order chi connectivity index (χ1) is 11.1. The largest absolute Gasteiger partial charge is 0.497 e. The van der Waals surface area contributed by atoms with E-state index in [0.29, 0.717) is 19.5 Å². The van der Waals surface area contributed by atoms with E-state index < -0.39 is 6.09 Å². The molecule has 7 heteroatoms. The fourth-order valence-electron chi connectivity index (χ4n) is 2.52. The highest BCUT2D eigenvalue weighted by molar-refractivity contribution is 5.82. The summed E-state index contributed by atoms with van der Waals surface area (Å²) >= 11 is 0. The van der Waals surface area contributed by atoms with Crippen molar-refractivity contribution in [2.75, 3.05) is 27.3 Å². The fraction of sp³-hybridized carbons (Fsp3) is 0.500. The second-order valence-electron chi connectivity index (χ2n) is 5.42. The molecule has 7 nitrogen and oxygen atoms in total. The zero-order valence-corrected chi connectivity index (χ0v) is 13.4. The standard InChI is InChI=1S/C16H23N3O4/c1-22-13-5-3-11(4-6-13)7-8-17-15(20)14-9-12(10-18-14)19-16(21)23-2/h3-6,12,14,18H,7-10H2,1-2H3,(H,17,20)(H,19,21)/t12-,14+/m1/s1. The summed E-state index contributed by atoms with van der Waals surface area (Å²) in [6.45, 7) is 1.13. The van der Waals surface area contributed by atoms with E-state index in [1.165, 1.54) is 7.11 Å². The summed E-state index contributed by atoms with van der Waals surface area (Å²) in [6.07, 6.45) is 0.841. The van der Waals surface area contributed by atoms with Gasteiger partial charge in [-0.3, -0.25) is 4.79 Å². The summed E-state index contributed by atoms with van der Waals surface area (Å²) in [7, 11) is 2.95. The minimum atomic E-state index is -0.475. The molecule has 2 amide bonds. The summed E-state index contributed by atoms with van der Waals surface area (Å²) in [5, 5.41) is 8.70. The Bertz CT molecular complexity index is 533. The number of carbonyl (C=O) groups excluding carboxylic acids is 2. The SMILES string of the molecule is COC(=O)N[C@H]1CN[C@H](C(=O)NCCc2ccc(OC)cc2)C1. The number of ether oxygens (including phenoxy) is 2. The van der Waals surface area contributed by atoms with Crippen molar-refractivity contribution in [2.45, 2.75) is 24.9 Å². The van der Waals surface area contributed by atoms with Crippen LogP contribution < -0.4 is 20.7 Å². The number of benzene rings is 1. The zero-order chi connectivity index (χ0) is 16.7. The van der Waals surface area contributed by atoms with Crippen molar-refractivity contribution in [2.24, 2.45) is 0 Å². The first-order valence-corrected chi connectivity index (χ1v) is 7.61. The molecule has 23 heavy (non-hydrogen) atoms. The minimum Gasteiger partial charge on any atom is -0.497 e. The third kappa shape index (κ3) is 5.14. The first kappa shape index (κ1) is 17.1. The highest BCUT2D eigenvalue weighted by Gasteiger charge is 2.30. The van der Waals surface area contributed by atoms with Gasteiger partial charge in [-0.2, -0.15) is 0 Å². The van der Waals surface area contributed by atoms with E-state index in [9.17, 15) is 9.59 Å². The molecule has 2 rings (SSSR count). The molecule has 0 unspecified atom stereocenters. The number of carbonyl (C=O) groups is 2. The van der Waals surface area contributed by atoms with Crippen LogP contribution in [0.15, 0.2) is 24.3 Å². The van der Waals surface area contributed by atoms with Crippen molar-refractivity contribution in [1.29, 1.82) is 0 Å². The molecule has 1 aromatic carbocycles. The number of amides is 2. The van der Waals surface area contributed by atoms with E-state index >= 15 is 0 Å². The van der Waals surface area contributed by atoms with Gasteiger partial charge in [-0.25, -0.2) is 4.79 Å². The van der Waals surface area contributed by atoms with E-state index in [-0.39, 0.29) is 18.0 Å². The molecular weight excluding hydrogens is 298 g/mol. The van der Waals surface area contributed by atoms with E-state index in [4.69, 9.17) is 4.74 Å². The first-order valence-electron chi connectivity index (χ1n) is 7.61. The van der Waals surface area contributed by atoms with Crippen molar-refractivity contribution < 1.29 is 19.1 Å². The van der Waals surface area contributed by atoms with Crippen LogP contribution in [0.25, 0.3) is 0 Å². The number of alkyl carbamates (subject to hydrolysis) is 1. The average molecular weight is 321 g/mol. The zero-order valence-electron chi connectivity index (χ0n) is 13.4. The number of hydrogen-bond acceptors (Lipinski definition) is 5. The second-order valence-corrected chi connectivity index (χ2v) is 5.42. The van der Waals surface area contributed by atoms with Crippen molar-refractivity contribution in [3.63, 3.8) is 0 Å². The van der Waals surface area contributed by atoms with Crippen LogP contribution in [0, 0.1) is 0 Å². The molecule has 1 fully saturated rings. The van der Waals surface area contributed by atoms with Crippen molar-refractivity contribution >= 4 is 12.0 Å². The Kier molecular flexibility index (Phi) is 6.22. The van der Waals surface area contributed by atoms with Crippen LogP contribution in [0.5, 0.6) is 5.75 Å². The van der Waals surface area contributed by atoms with Crippen LogP contribution >= 0.6 is 0 Å². The number of methoxy groups -OCH3 is 2. The number of rotatable bonds is 6. The maximum atomic E-state index is 12.1. The number of hydrogen-bond donors (Lipinski definition) is 3. The molecule has 1 aliphatic heterocycles. The van der Waals surface area contributed by atoms with Gasteiger partial charge in [-0.15, -0.1) is 0 Å². The number of nitrogens with one attached hydrogen (secondary N) is 3. The van der Waals surface area contributed by atoms with Gasteiger partial charge in [0.2, 0.25) is 5.91 Å². The molecule has 1 aromatic rings. The van der Waals surface area contributed by atoms with E-state index in [1.54, 1.807) is 7.11 Å². The van der Waals surface area contributed by atoms with Crippen LogP contribution in [0.2, 0.25) is 0 Å². The lowest BCUT2D eigenvalue weighted by Gasteiger charge is -2.12. The molecule has 126 valence electrons. The van der Waals surface area contributed by atoms with Gasteiger partial charge in [0, 0.05) is 19.1 Å². The quantitative estimate of drug-likeness (QED) is 0.707. The molecule has 0 saturated carbocycles. The second kappa shape index (κ2) is 8.38. The molecule has 1 heterocycles. The van der Waals surface area contributed by atoms with Crippen LogP contribution in [0.3, 0.4) is 0 Å². The molecular formula is C16H23N3O4. The minimum absolute atomic E-state index is 0.0484. The smallest absolute Gasteiger partial charge is 0.407 e. The lowest BCUT2D eigenvalue weighted by Crippen LogP contribution is -2.41. The van der Waals surface area contributed by atoms with E-state index in [0.717, 1.165) is 17.7 Å². The Morgan fingerprint density at radius 3 is 2.65 bits per heavy atom. The van der Waals surface area contributed by atoms with Crippen LogP contribution in [0.4, 0.5) is 4.79 Å². The van der Waals surface area contributed by atoms with Crippen molar-refractivity contribution in [3.8, 4) is 5.75 Å². The third-order valence-corrected chi connectivity index (χ3v) is 3.83. The normalized spacial score (nSPS) is 19.9. The monoisotopic (exact) mass is 321 g/mol. The van der Waals surface area contributed by atoms with Gasteiger partial charge < -0.3 is 25.4 Å². The molecule has 0 bridgehead atoms. The maximum absolute atomic E-state index is 12.1. The van der Waals surface area contributed by atoms with Gasteiger partial charge in [0.25, 0.3) is 0 Å². The third-order valence-electron chi connectivity index (χ3n) is 3.83. The van der Waals surface area contributed by atoms with Crippen LogP contribution in [-0.4, -0.2) is 51.4 Å². The topological polar surface area (TPSA) is 88.7 Å². The highest BCUT2D eigenvalue weighted by atomic mass is 16.5. The van der Waals surface area contributed by atoms with E-state index in [1.807, 2.05) is 24.3 Å². The van der Waals surface area contributed by atoms with Gasteiger partial charge in [0.05, 0.1) is 20.3 Å². The Morgan fingerprint density at radius 1 is 1.26 bits per heavy atom. The molecule has 3 N–H and O–H groups in total. The van der Waals surface area contributed by atoms with Gasteiger partial charge in [-0.05, 0) is 30.5 Å². The molecule has 1 aliphatic rings. The predicted octanol–water partition coefficient (Wildman–Crippen LogP) is 0.440. The Labute approximate surface area is 135 Å². The van der Waals surface area contributed by atoms with Gasteiger partial charge in [0.1, 0.15) is 5.75 Å². The van der Waals surface area contributed by atoms with Crippen LogP contribution in [-0.2, 0) is 16.0 Å². The summed E-state index contributed by atoms with van der Waals surface area (Å²) in [5.41, 5.74) is 1.13. The molecule has 0 aliphatic carbocycles. The highest BCUT2D eigenvalue weighted by Crippen LogP contribution is 2.11.